The first kappa shape index (κ1) is 20.6. The molecule has 1 amide bonds. The normalized spacial score (nSPS) is 10.3. The molecule has 2 aromatic rings. The Morgan fingerprint density at radius 3 is 2.50 bits per heavy atom. The van der Waals surface area contributed by atoms with E-state index in [1.807, 2.05) is 0 Å². The highest BCUT2D eigenvalue weighted by Gasteiger charge is 2.27. The predicted molar refractivity (Wildman–Crippen MR) is 84.0 cm³/mol. The van der Waals surface area contributed by atoms with Crippen LogP contribution in [-0.2, 0) is 0 Å². The number of nitrogens with two attached hydrogens (primary N) is 1. The number of aromatic nitrogens is 3. The van der Waals surface area contributed by atoms with Crippen molar-refractivity contribution in [1.29, 1.82) is 0 Å². The van der Waals surface area contributed by atoms with Gasteiger partial charge >= 0.3 is 0 Å². The highest BCUT2D eigenvalue weighted by atomic mass is 35.5. The van der Waals surface area contributed by atoms with E-state index in [1.54, 1.807) is 18.5 Å². The van der Waals surface area contributed by atoms with Gasteiger partial charge in [0.2, 0.25) is 0 Å². The quantitative estimate of drug-likeness (QED) is 0.834. The highest BCUT2D eigenvalue weighted by molar-refractivity contribution is 7.16. The largest absolute Gasteiger partial charge is 0.345 e. The molecule has 122 valence electrons. The Balaban J connectivity index is 0.00000220. The number of nitrogens with one attached hydrogen (secondary N) is 1. The minimum absolute atomic E-state index is 0. The van der Waals surface area contributed by atoms with Gasteiger partial charge < -0.3 is 11.1 Å². The van der Waals surface area contributed by atoms with Crippen molar-refractivity contribution >= 4 is 42.1 Å². The zero-order valence-electron chi connectivity index (χ0n) is 11.0. The predicted octanol–water partition coefficient (Wildman–Crippen LogP) is 1.77. The molecule has 0 aliphatic carbocycles. The standard InChI is InChI=1S/C11H11F2N5OS.2ClH/c12-11(13,5-14)6-18-9(19)7-4-17-10(20-7)8-15-2-1-3-16-8;;/h1-4H,5-6,14H2,(H,18,19);2*1H. The molecule has 0 aromatic carbocycles. The fourth-order valence-electron chi connectivity index (χ4n) is 1.26. The third kappa shape index (κ3) is 5.41. The number of rotatable bonds is 5. The number of amides is 1. The number of alkyl halides is 2. The second-order valence-electron chi connectivity index (χ2n) is 3.84. The van der Waals surface area contributed by atoms with E-state index in [-0.39, 0.29) is 29.7 Å². The number of carbonyl (C=O) groups excluding carboxylic acids is 1. The molecule has 0 saturated carbocycles. The maximum atomic E-state index is 12.9. The fraction of sp³-hybridized carbons (Fsp3) is 0.273. The lowest BCUT2D eigenvalue weighted by molar-refractivity contribution is 0.0119. The van der Waals surface area contributed by atoms with Crippen LogP contribution in [0.15, 0.2) is 24.7 Å². The summed E-state index contributed by atoms with van der Waals surface area (Å²) in [7, 11) is 0. The van der Waals surface area contributed by atoms with Crippen LogP contribution in [-0.4, -0.2) is 39.9 Å². The molecule has 0 aliphatic rings. The van der Waals surface area contributed by atoms with Crippen LogP contribution in [0.3, 0.4) is 0 Å². The van der Waals surface area contributed by atoms with Crippen molar-refractivity contribution in [1.82, 2.24) is 20.3 Å². The Labute approximate surface area is 141 Å². The molecular formula is C11H13Cl2F2N5OS. The lowest BCUT2D eigenvalue weighted by atomic mass is 10.3. The Morgan fingerprint density at radius 1 is 1.27 bits per heavy atom. The zero-order chi connectivity index (χ0) is 14.6. The first-order valence-electron chi connectivity index (χ1n) is 5.61. The third-order valence-electron chi connectivity index (χ3n) is 2.29. The van der Waals surface area contributed by atoms with Crippen LogP contribution in [0.5, 0.6) is 0 Å². The SMILES string of the molecule is Cl.Cl.NCC(F)(F)CNC(=O)c1cnc(-c2ncccn2)s1. The van der Waals surface area contributed by atoms with Crippen LogP contribution in [0.25, 0.3) is 10.8 Å². The summed E-state index contributed by atoms with van der Waals surface area (Å²) in [4.78, 5) is 23.9. The first-order valence-corrected chi connectivity index (χ1v) is 6.43. The van der Waals surface area contributed by atoms with Crippen LogP contribution in [0, 0.1) is 0 Å². The van der Waals surface area contributed by atoms with E-state index in [9.17, 15) is 13.6 Å². The average Bonchev–Trinajstić information content (AvgIpc) is 2.96. The number of nitrogens with zero attached hydrogens (tertiary/aromatic N) is 3. The fourth-order valence-corrected chi connectivity index (χ4v) is 2.04. The van der Waals surface area contributed by atoms with E-state index in [0.717, 1.165) is 11.3 Å². The van der Waals surface area contributed by atoms with Gasteiger partial charge in [-0.05, 0) is 6.07 Å². The number of hydrogen-bond donors (Lipinski definition) is 2. The maximum Gasteiger partial charge on any atom is 0.277 e. The molecule has 0 saturated heterocycles. The van der Waals surface area contributed by atoms with Gasteiger partial charge in [-0.2, -0.15) is 0 Å². The zero-order valence-corrected chi connectivity index (χ0v) is 13.5. The molecule has 0 aliphatic heterocycles. The molecule has 22 heavy (non-hydrogen) atoms. The van der Waals surface area contributed by atoms with E-state index in [1.165, 1.54) is 6.20 Å². The van der Waals surface area contributed by atoms with E-state index in [4.69, 9.17) is 5.73 Å². The van der Waals surface area contributed by atoms with Crippen molar-refractivity contribution < 1.29 is 13.6 Å². The van der Waals surface area contributed by atoms with Gasteiger partial charge in [-0.1, -0.05) is 0 Å². The van der Waals surface area contributed by atoms with Gasteiger partial charge in [0.05, 0.1) is 19.3 Å². The van der Waals surface area contributed by atoms with Gasteiger partial charge in [-0.3, -0.25) is 4.79 Å². The van der Waals surface area contributed by atoms with E-state index < -0.39 is 24.9 Å². The summed E-state index contributed by atoms with van der Waals surface area (Å²) in [5.74, 6) is -3.37. The molecule has 3 N–H and O–H groups in total. The summed E-state index contributed by atoms with van der Waals surface area (Å²) in [6.07, 6.45) is 4.39. The van der Waals surface area contributed by atoms with E-state index >= 15 is 0 Å². The second-order valence-corrected chi connectivity index (χ2v) is 4.88. The Kier molecular flexibility index (Phi) is 8.31. The van der Waals surface area contributed by atoms with Crippen molar-refractivity contribution in [2.45, 2.75) is 5.92 Å². The Hall–Kier alpha value is -1.42. The lowest BCUT2D eigenvalue weighted by Gasteiger charge is -2.13. The summed E-state index contributed by atoms with van der Waals surface area (Å²) < 4.78 is 25.9. The second kappa shape index (κ2) is 8.89. The number of thiazole rings is 1. The number of carbonyl (C=O) groups is 1. The first-order chi connectivity index (χ1) is 9.52. The van der Waals surface area contributed by atoms with Gasteiger partial charge in [0.1, 0.15) is 4.88 Å². The van der Waals surface area contributed by atoms with Gasteiger partial charge in [-0.25, -0.2) is 23.7 Å². The van der Waals surface area contributed by atoms with Crippen LogP contribution in [0.4, 0.5) is 8.78 Å². The van der Waals surface area contributed by atoms with Gasteiger partial charge in [0, 0.05) is 12.4 Å². The summed E-state index contributed by atoms with van der Waals surface area (Å²) in [6.45, 7) is -1.63. The molecule has 0 atom stereocenters. The Morgan fingerprint density at radius 2 is 1.91 bits per heavy atom. The van der Waals surface area contributed by atoms with Gasteiger partial charge in [0.15, 0.2) is 10.8 Å². The molecule has 2 aromatic heterocycles. The van der Waals surface area contributed by atoms with Crippen molar-refractivity contribution in [2.24, 2.45) is 5.73 Å². The molecule has 0 spiro atoms. The number of hydrogen-bond acceptors (Lipinski definition) is 6. The van der Waals surface area contributed by atoms with Crippen molar-refractivity contribution in [3.63, 3.8) is 0 Å². The van der Waals surface area contributed by atoms with E-state index in [2.05, 4.69) is 20.3 Å². The summed E-state index contributed by atoms with van der Waals surface area (Å²) in [5, 5.41) is 2.56. The molecule has 2 rings (SSSR count). The molecule has 0 unspecified atom stereocenters. The smallest absolute Gasteiger partial charge is 0.277 e. The molecular weight excluding hydrogens is 359 g/mol. The summed E-state index contributed by atoms with van der Waals surface area (Å²) in [6, 6.07) is 1.65. The van der Waals surface area contributed by atoms with Crippen LogP contribution in [0.1, 0.15) is 9.67 Å². The van der Waals surface area contributed by atoms with Crippen LogP contribution in [0.2, 0.25) is 0 Å². The highest BCUT2D eigenvalue weighted by Crippen LogP contribution is 2.21. The maximum absolute atomic E-state index is 12.9. The lowest BCUT2D eigenvalue weighted by Crippen LogP contribution is -2.41. The van der Waals surface area contributed by atoms with Crippen LogP contribution < -0.4 is 11.1 Å². The monoisotopic (exact) mass is 371 g/mol. The van der Waals surface area contributed by atoms with E-state index in [0.29, 0.717) is 10.8 Å². The van der Waals surface area contributed by atoms with Gasteiger partial charge in [-0.15, -0.1) is 36.2 Å². The molecule has 0 fully saturated rings. The van der Waals surface area contributed by atoms with Crippen molar-refractivity contribution in [3.05, 3.63) is 29.5 Å². The van der Waals surface area contributed by atoms with Crippen LogP contribution >= 0.6 is 36.2 Å². The van der Waals surface area contributed by atoms with Crippen molar-refractivity contribution in [3.8, 4) is 10.8 Å². The average molecular weight is 372 g/mol. The molecule has 6 nitrogen and oxygen atoms in total. The number of halogens is 4. The van der Waals surface area contributed by atoms with Crippen molar-refractivity contribution in [2.75, 3.05) is 13.1 Å². The third-order valence-corrected chi connectivity index (χ3v) is 3.28. The minimum Gasteiger partial charge on any atom is -0.345 e. The topological polar surface area (TPSA) is 93.8 Å². The minimum atomic E-state index is -3.12. The molecule has 2 heterocycles. The molecule has 0 bridgehead atoms. The Bertz CT molecular complexity index is 599. The van der Waals surface area contributed by atoms with Gasteiger partial charge in [0.25, 0.3) is 11.8 Å². The molecule has 11 heteroatoms. The summed E-state index contributed by atoms with van der Waals surface area (Å²) in [5.41, 5.74) is 4.88. The molecule has 0 radical (unpaired) electrons. The summed E-state index contributed by atoms with van der Waals surface area (Å²) >= 11 is 1.03.